The van der Waals surface area contributed by atoms with Crippen LogP contribution in [0.3, 0.4) is 0 Å². The highest BCUT2D eigenvalue weighted by Gasteiger charge is 2.40. The molecular weight excluding hydrogens is 331 g/mol. The lowest BCUT2D eigenvalue weighted by Gasteiger charge is -2.36. The van der Waals surface area contributed by atoms with Crippen LogP contribution in [0.5, 0.6) is 0 Å². The molecule has 1 aromatic heterocycles. The Hall–Kier alpha value is -2.47. The first kappa shape index (κ1) is 17.0. The first-order chi connectivity index (χ1) is 12.6. The topological polar surface area (TPSA) is 39.7 Å². The third kappa shape index (κ3) is 3.55. The lowest BCUT2D eigenvalue weighted by molar-refractivity contribution is 0.115. The molecule has 1 atom stereocenters. The van der Waals surface area contributed by atoms with E-state index >= 15 is 0 Å². The van der Waals surface area contributed by atoms with Gasteiger partial charge in [0.15, 0.2) is 0 Å². The first-order valence-corrected chi connectivity index (χ1v) is 9.03. The SMILES string of the molecule is Cc1cccc(CN2CCN3C(=O)N(Cc4ccc(F)cc4)CC3C2)n1. The zero-order chi connectivity index (χ0) is 18.1. The number of pyridine rings is 1. The van der Waals surface area contributed by atoms with Gasteiger partial charge in [-0.1, -0.05) is 18.2 Å². The van der Waals surface area contributed by atoms with E-state index in [1.54, 1.807) is 12.1 Å². The van der Waals surface area contributed by atoms with E-state index in [4.69, 9.17) is 0 Å². The van der Waals surface area contributed by atoms with E-state index in [0.717, 1.165) is 43.1 Å². The second-order valence-corrected chi connectivity index (χ2v) is 7.14. The molecule has 0 N–H and O–H groups in total. The minimum atomic E-state index is -0.251. The highest BCUT2D eigenvalue weighted by atomic mass is 19.1. The zero-order valence-electron chi connectivity index (χ0n) is 14.9. The number of hydrogen-bond donors (Lipinski definition) is 0. The van der Waals surface area contributed by atoms with Crippen molar-refractivity contribution in [2.75, 3.05) is 26.2 Å². The van der Waals surface area contributed by atoms with Crippen molar-refractivity contribution in [2.45, 2.75) is 26.1 Å². The number of carbonyl (C=O) groups excluding carboxylic acids is 1. The van der Waals surface area contributed by atoms with E-state index in [1.807, 2.05) is 28.9 Å². The fourth-order valence-corrected chi connectivity index (χ4v) is 3.84. The number of aryl methyl sites for hydroxylation is 1. The molecule has 2 amide bonds. The summed E-state index contributed by atoms with van der Waals surface area (Å²) in [6, 6.07) is 12.8. The zero-order valence-corrected chi connectivity index (χ0v) is 14.9. The van der Waals surface area contributed by atoms with Gasteiger partial charge in [0.2, 0.25) is 0 Å². The third-order valence-corrected chi connectivity index (χ3v) is 5.13. The second-order valence-electron chi connectivity index (χ2n) is 7.14. The lowest BCUT2D eigenvalue weighted by atomic mass is 10.1. The maximum atomic E-state index is 13.1. The van der Waals surface area contributed by atoms with Gasteiger partial charge in [0, 0.05) is 45.0 Å². The molecule has 2 aliphatic heterocycles. The third-order valence-electron chi connectivity index (χ3n) is 5.13. The number of rotatable bonds is 4. The minimum Gasteiger partial charge on any atom is -0.318 e. The van der Waals surface area contributed by atoms with Gasteiger partial charge < -0.3 is 9.80 Å². The molecule has 0 aliphatic carbocycles. The molecule has 26 heavy (non-hydrogen) atoms. The highest BCUT2D eigenvalue weighted by molar-refractivity contribution is 5.77. The van der Waals surface area contributed by atoms with Gasteiger partial charge in [0.05, 0.1) is 11.7 Å². The fourth-order valence-electron chi connectivity index (χ4n) is 3.84. The van der Waals surface area contributed by atoms with E-state index in [1.165, 1.54) is 12.1 Å². The van der Waals surface area contributed by atoms with Crippen molar-refractivity contribution in [3.8, 4) is 0 Å². The Morgan fingerprint density at radius 2 is 1.88 bits per heavy atom. The predicted molar refractivity (Wildman–Crippen MR) is 97.0 cm³/mol. The molecule has 5 nitrogen and oxygen atoms in total. The maximum Gasteiger partial charge on any atom is 0.320 e. The van der Waals surface area contributed by atoms with Crippen molar-refractivity contribution in [3.63, 3.8) is 0 Å². The molecule has 2 aliphatic rings. The largest absolute Gasteiger partial charge is 0.320 e. The van der Waals surface area contributed by atoms with E-state index in [9.17, 15) is 9.18 Å². The summed E-state index contributed by atoms with van der Waals surface area (Å²) in [6.45, 7) is 6.54. The van der Waals surface area contributed by atoms with Crippen LogP contribution in [0.25, 0.3) is 0 Å². The van der Waals surface area contributed by atoms with Crippen LogP contribution < -0.4 is 0 Å². The standard InChI is InChI=1S/C20H23FN4O/c1-15-3-2-4-18(22-15)12-23-9-10-25-19(13-23)14-24(20(25)26)11-16-5-7-17(21)8-6-16/h2-8,19H,9-14H2,1H3. The minimum absolute atomic E-state index is 0.0904. The first-order valence-electron chi connectivity index (χ1n) is 9.03. The molecular formula is C20H23FN4O. The Balaban J connectivity index is 1.39. The monoisotopic (exact) mass is 354 g/mol. The van der Waals surface area contributed by atoms with Crippen LogP contribution in [-0.4, -0.2) is 57.9 Å². The average molecular weight is 354 g/mol. The van der Waals surface area contributed by atoms with Crippen LogP contribution in [0, 0.1) is 12.7 Å². The summed E-state index contributed by atoms with van der Waals surface area (Å²) in [4.78, 5) is 23.5. The molecule has 3 heterocycles. The summed E-state index contributed by atoms with van der Waals surface area (Å²) in [6.07, 6.45) is 0. The molecule has 0 bridgehead atoms. The van der Waals surface area contributed by atoms with Crippen LogP contribution >= 0.6 is 0 Å². The summed E-state index contributed by atoms with van der Waals surface area (Å²) in [7, 11) is 0. The van der Waals surface area contributed by atoms with Crippen molar-refractivity contribution in [1.82, 2.24) is 19.7 Å². The molecule has 1 aromatic carbocycles. The molecule has 2 saturated heterocycles. The molecule has 6 heteroatoms. The fraction of sp³-hybridized carbons (Fsp3) is 0.400. The molecule has 2 fully saturated rings. The number of aromatic nitrogens is 1. The van der Waals surface area contributed by atoms with E-state index in [0.29, 0.717) is 13.1 Å². The van der Waals surface area contributed by atoms with Crippen LogP contribution in [0.4, 0.5) is 9.18 Å². The number of piperazine rings is 1. The lowest BCUT2D eigenvalue weighted by Crippen LogP contribution is -2.51. The number of amides is 2. The summed E-state index contributed by atoms with van der Waals surface area (Å²) in [5, 5.41) is 0. The Morgan fingerprint density at radius 1 is 1.08 bits per heavy atom. The van der Waals surface area contributed by atoms with Crippen molar-refractivity contribution >= 4 is 6.03 Å². The molecule has 1 unspecified atom stereocenters. The summed E-state index contributed by atoms with van der Waals surface area (Å²) in [5.74, 6) is -0.251. The number of nitrogens with zero attached hydrogens (tertiary/aromatic N) is 4. The molecule has 0 spiro atoms. The molecule has 0 radical (unpaired) electrons. The smallest absolute Gasteiger partial charge is 0.318 e. The van der Waals surface area contributed by atoms with Gasteiger partial charge in [-0.2, -0.15) is 0 Å². The van der Waals surface area contributed by atoms with Gasteiger partial charge >= 0.3 is 6.03 Å². The Morgan fingerprint density at radius 3 is 2.65 bits per heavy atom. The van der Waals surface area contributed by atoms with E-state index in [2.05, 4.69) is 16.0 Å². The van der Waals surface area contributed by atoms with Crippen molar-refractivity contribution in [1.29, 1.82) is 0 Å². The Bertz CT molecular complexity index is 795. The highest BCUT2D eigenvalue weighted by Crippen LogP contribution is 2.23. The number of benzene rings is 1. The molecule has 0 saturated carbocycles. The Labute approximate surface area is 153 Å². The van der Waals surface area contributed by atoms with Crippen LogP contribution in [0.2, 0.25) is 0 Å². The van der Waals surface area contributed by atoms with Crippen molar-refractivity contribution < 1.29 is 9.18 Å². The summed E-state index contributed by atoms with van der Waals surface area (Å²) < 4.78 is 13.1. The number of urea groups is 1. The summed E-state index contributed by atoms with van der Waals surface area (Å²) >= 11 is 0. The van der Waals surface area contributed by atoms with Crippen LogP contribution in [-0.2, 0) is 13.1 Å². The number of halogens is 1. The predicted octanol–water partition coefficient (Wildman–Crippen LogP) is 2.65. The van der Waals surface area contributed by atoms with Gasteiger partial charge in [-0.05, 0) is 36.8 Å². The normalized spacial score (nSPS) is 20.5. The molecule has 4 rings (SSSR count). The molecule has 136 valence electrons. The van der Waals surface area contributed by atoms with Crippen LogP contribution in [0.1, 0.15) is 17.0 Å². The van der Waals surface area contributed by atoms with E-state index in [-0.39, 0.29) is 17.9 Å². The number of fused-ring (bicyclic) bond motifs is 1. The van der Waals surface area contributed by atoms with Gasteiger partial charge in [-0.25, -0.2) is 9.18 Å². The number of carbonyl (C=O) groups is 1. The second kappa shape index (κ2) is 7.03. The van der Waals surface area contributed by atoms with Gasteiger partial charge in [-0.15, -0.1) is 0 Å². The van der Waals surface area contributed by atoms with Crippen molar-refractivity contribution in [3.05, 3.63) is 65.2 Å². The molecule has 2 aromatic rings. The quantitative estimate of drug-likeness (QED) is 0.847. The van der Waals surface area contributed by atoms with Crippen molar-refractivity contribution in [2.24, 2.45) is 0 Å². The average Bonchev–Trinajstić information content (AvgIpc) is 2.92. The maximum absolute atomic E-state index is 13.1. The van der Waals surface area contributed by atoms with Gasteiger partial charge in [0.1, 0.15) is 5.82 Å². The Kier molecular flexibility index (Phi) is 4.59. The summed E-state index contributed by atoms with van der Waals surface area (Å²) in [5.41, 5.74) is 3.06. The van der Waals surface area contributed by atoms with E-state index < -0.39 is 0 Å². The number of hydrogen-bond acceptors (Lipinski definition) is 3. The van der Waals surface area contributed by atoms with Crippen LogP contribution in [0.15, 0.2) is 42.5 Å². The van der Waals surface area contributed by atoms with Gasteiger partial charge in [0.25, 0.3) is 0 Å². The van der Waals surface area contributed by atoms with Gasteiger partial charge in [-0.3, -0.25) is 9.88 Å².